The Kier molecular flexibility index (Phi) is 2.64. The summed E-state index contributed by atoms with van der Waals surface area (Å²) in [6.45, 7) is 2.77. The first-order valence-corrected chi connectivity index (χ1v) is 5.11. The second-order valence-electron chi connectivity index (χ2n) is 3.81. The third kappa shape index (κ3) is 1.83. The summed E-state index contributed by atoms with van der Waals surface area (Å²) in [7, 11) is 1.67. The molecule has 1 aromatic heterocycles. The Balaban J connectivity index is 2.46. The van der Waals surface area contributed by atoms with Gasteiger partial charge in [-0.05, 0) is 23.6 Å². The fourth-order valence-electron chi connectivity index (χ4n) is 1.65. The van der Waals surface area contributed by atoms with Gasteiger partial charge in [-0.1, -0.05) is 6.92 Å². The molecule has 1 atom stereocenters. The number of fused-ring (bicyclic) bond motifs is 1. The highest BCUT2D eigenvalue weighted by Crippen LogP contribution is 2.24. The molecule has 1 unspecified atom stereocenters. The number of H-pyrrole nitrogens is 1. The molecule has 2 rings (SSSR count). The van der Waals surface area contributed by atoms with Crippen molar-refractivity contribution in [3.63, 3.8) is 0 Å². The van der Waals surface area contributed by atoms with Crippen LogP contribution in [0.2, 0.25) is 0 Å². The standard InChI is InChI=1S/C12H16N2O/c1-8(7-13)11-5-9-3-4-10(15-2)6-12(9)14-11/h3-6,8,14H,7,13H2,1-2H3. The number of aromatic nitrogens is 1. The number of nitrogens with two attached hydrogens (primary N) is 1. The molecule has 15 heavy (non-hydrogen) atoms. The second kappa shape index (κ2) is 3.95. The van der Waals surface area contributed by atoms with Gasteiger partial charge in [-0.25, -0.2) is 0 Å². The largest absolute Gasteiger partial charge is 0.497 e. The first kappa shape index (κ1) is 10.1. The van der Waals surface area contributed by atoms with E-state index in [1.807, 2.05) is 12.1 Å². The fraction of sp³-hybridized carbons (Fsp3) is 0.333. The van der Waals surface area contributed by atoms with Crippen LogP contribution in [0.5, 0.6) is 5.75 Å². The molecule has 1 aromatic carbocycles. The van der Waals surface area contributed by atoms with Crippen LogP contribution in [-0.4, -0.2) is 18.6 Å². The first-order chi connectivity index (χ1) is 7.24. The van der Waals surface area contributed by atoms with Crippen molar-refractivity contribution in [1.82, 2.24) is 4.98 Å². The van der Waals surface area contributed by atoms with Crippen molar-refractivity contribution >= 4 is 10.9 Å². The van der Waals surface area contributed by atoms with E-state index in [0.29, 0.717) is 12.5 Å². The summed E-state index contributed by atoms with van der Waals surface area (Å²) in [6.07, 6.45) is 0. The summed E-state index contributed by atoms with van der Waals surface area (Å²) in [5.74, 6) is 1.24. The Morgan fingerprint density at radius 1 is 1.40 bits per heavy atom. The van der Waals surface area contributed by atoms with Crippen molar-refractivity contribution in [2.45, 2.75) is 12.8 Å². The Labute approximate surface area is 89.2 Å². The van der Waals surface area contributed by atoms with Gasteiger partial charge in [-0.15, -0.1) is 0 Å². The van der Waals surface area contributed by atoms with E-state index in [1.165, 1.54) is 11.1 Å². The number of hydrogen-bond donors (Lipinski definition) is 2. The first-order valence-electron chi connectivity index (χ1n) is 5.11. The number of nitrogens with one attached hydrogen (secondary N) is 1. The minimum absolute atomic E-state index is 0.364. The van der Waals surface area contributed by atoms with Gasteiger partial charge in [0.25, 0.3) is 0 Å². The van der Waals surface area contributed by atoms with Crippen LogP contribution in [0.4, 0.5) is 0 Å². The highest BCUT2D eigenvalue weighted by atomic mass is 16.5. The predicted molar refractivity (Wildman–Crippen MR) is 62.3 cm³/mol. The van der Waals surface area contributed by atoms with E-state index in [-0.39, 0.29) is 0 Å². The van der Waals surface area contributed by atoms with Crippen molar-refractivity contribution in [2.24, 2.45) is 5.73 Å². The zero-order valence-electron chi connectivity index (χ0n) is 9.08. The van der Waals surface area contributed by atoms with Crippen LogP contribution in [0.3, 0.4) is 0 Å². The Morgan fingerprint density at radius 2 is 2.20 bits per heavy atom. The van der Waals surface area contributed by atoms with Crippen molar-refractivity contribution in [2.75, 3.05) is 13.7 Å². The van der Waals surface area contributed by atoms with Gasteiger partial charge in [-0.3, -0.25) is 0 Å². The molecule has 0 fully saturated rings. The Hall–Kier alpha value is -1.48. The highest BCUT2D eigenvalue weighted by Gasteiger charge is 2.07. The zero-order chi connectivity index (χ0) is 10.8. The SMILES string of the molecule is COc1ccc2cc(C(C)CN)[nH]c2c1. The Morgan fingerprint density at radius 3 is 2.87 bits per heavy atom. The lowest BCUT2D eigenvalue weighted by Crippen LogP contribution is -2.08. The molecule has 3 heteroatoms. The molecule has 3 nitrogen and oxygen atoms in total. The van der Waals surface area contributed by atoms with Crippen LogP contribution in [0, 0.1) is 0 Å². The van der Waals surface area contributed by atoms with Crippen molar-refractivity contribution < 1.29 is 4.74 Å². The van der Waals surface area contributed by atoms with Gasteiger partial charge in [0.15, 0.2) is 0 Å². The molecule has 0 bridgehead atoms. The molecule has 3 N–H and O–H groups in total. The van der Waals surface area contributed by atoms with E-state index in [1.54, 1.807) is 7.11 Å². The van der Waals surface area contributed by atoms with Crippen molar-refractivity contribution in [3.8, 4) is 5.75 Å². The summed E-state index contributed by atoms with van der Waals surface area (Å²) in [5, 5.41) is 1.20. The van der Waals surface area contributed by atoms with Gasteiger partial charge < -0.3 is 15.5 Å². The summed E-state index contributed by atoms with van der Waals surface area (Å²) in [5.41, 5.74) is 7.92. The smallest absolute Gasteiger partial charge is 0.120 e. The molecule has 0 saturated heterocycles. The molecule has 0 aliphatic carbocycles. The third-order valence-corrected chi connectivity index (χ3v) is 2.73. The van der Waals surface area contributed by atoms with E-state index in [9.17, 15) is 0 Å². The van der Waals surface area contributed by atoms with Crippen LogP contribution >= 0.6 is 0 Å². The molecular formula is C12H16N2O. The molecule has 0 aliphatic rings. The third-order valence-electron chi connectivity index (χ3n) is 2.73. The van der Waals surface area contributed by atoms with E-state index in [4.69, 9.17) is 10.5 Å². The number of ether oxygens (including phenoxy) is 1. The molecule has 0 aliphatic heterocycles. The second-order valence-corrected chi connectivity index (χ2v) is 3.81. The number of hydrogen-bond acceptors (Lipinski definition) is 2. The van der Waals surface area contributed by atoms with Gasteiger partial charge in [0.2, 0.25) is 0 Å². The van der Waals surface area contributed by atoms with Gasteiger partial charge >= 0.3 is 0 Å². The number of methoxy groups -OCH3 is 1. The molecule has 0 amide bonds. The average molecular weight is 204 g/mol. The monoisotopic (exact) mass is 204 g/mol. The molecule has 0 saturated carbocycles. The molecular weight excluding hydrogens is 188 g/mol. The zero-order valence-corrected chi connectivity index (χ0v) is 9.08. The van der Waals surface area contributed by atoms with E-state index >= 15 is 0 Å². The van der Waals surface area contributed by atoms with E-state index in [0.717, 1.165) is 11.3 Å². The van der Waals surface area contributed by atoms with Gasteiger partial charge in [0.1, 0.15) is 5.75 Å². The molecule has 1 heterocycles. The highest BCUT2D eigenvalue weighted by molar-refractivity contribution is 5.82. The fourth-order valence-corrected chi connectivity index (χ4v) is 1.65. The minimum atomic E-state index is 0.364. The number of rotatable bonds is 3. The van der Waals surface area contributed by atoms with Crippen LogP contribution in [0.25, 0.3) is 10.9 Å². The van der Waals surface area contributed by atoms with Crippen molar-refractivity contribution in [3.05, 3.63) is 30.0 Å². The summed E-state index contributed by atoms with van der Waals surface area (Å²) < 4.78 is 5.17. The summed E-state index contributed by atoms with van der Waals surface area (Å²) in [6, 6.07) is 8.17. The minimum Gasteiger partial charge on any atom is -0.497 e. The number of aromatic amines is 1. The van der Waals surface area contributed by atoms with Gasteiger partial charge in [-0.2, -0.15) is 0 Å². The maximum Gasteiger partial charge on any atom is 0.120 e. The summed E-state index contributed by atoms with van der Waals surface area (Å²) in [4.78, 5) is 3.36. The average Bonchev–Trinajstić information content (AvgIpc) is 2.70. The maximum atomic E-state index is 5.64. The lowest BCUT2D eigenvalue weighted by molar-refractivity contribution is 0.415. The van der Waals surface area contributed by atoms with Crippen LogP contribution in [0.1, 0.15) is 18.5 Å². The van der Waals surface area contributed by atoms with Crippen LogP contribution < -0.4 is 10.5 Å². The summed E-state index contributed by atoms with van der Waals surface area (Å²) >= 11 is 0. The lowest BCUT2D eigenvalue weighted by Gasteiger charge is -2.03. The normalized spacial score (nSPS) is 13.0. The molecule has 2 aromatic rings. The van der Waals surface area contributed by atoms with E-state index in [2.05, 4.69) is 24.0 Å². The Bertz CT molecular complexity index is 462. The maximum absolute atomic E-state index is 5.64. The van der Waals surface area contributed by atoms with Gasteiger partial charge in [0.05, 0.1) is 7.11 Å². The van der Waals surface area contributed by atoms with Crippen molar-refractivity contribution in [1.29, 1.82) is 0 Å². The van der Waals surface area contributed by atoms with Crippen LogP contribution in [-0.2, 0) is 0 Å². The van der Waals surface area contributed by atoms with Crippen LogP contribution in [0.15, 0.2) is 24.3 Å². The topological polar surface area (TPSA) is 51.0 Å². The molecule has 0 radical (unpaired) electrons. The predicted octanol–water partition coefficient (Wildman–Crippen LogP) is 2.24. The lowest BCUT2D eigenvalue weighted by atomic mass is 10.1. The van der Waals surface area contributed by atoms with Gasteiger partial charge in [0, 0.05) is 29.7 Å². The number of benzene rings is 1. The molecule has 0 spiro atoms. The quantitative estimate of drug-likeness (QED) is 0.805. The molecule has 80 valence electrons. The van der Waals surface area contributed by atoms with E-state index < -0.39 is 0 Å².